The Labute approximate surface area is 65.8 Å². The van der Waals surface area contributed by atoms with Gasteiger partial charge in [0.15, 0.2) is 0 Å². The molecule has 0 saturated heterocycles. The van der Waals surface area contributed by atoms with Gasteiger partial charge in [-0.2, -0.15) is 0 Å². The summed E-state index contributed by atoms with van der Waals surface area (Å²) in [5.74, 6) is 0. The molecule has 0 aromatic rings. The molecule has 6 N–H and O–H groups in total. The summed E-state index contributed by atoms with van der Waals surface area (Å²) < 4.78 is 0. The molecule has 0 atom stereocenters. The monoisotopic (exact) mass is 245 g/mol. The molecule has 0 aromatic heterocycles. The molecule has 0 aliphatic heterocycles. The quantitative estimate of drug-likeness (QED) is 0.587. The van der Waals surface area contributed by atoms with Gasteiger partial charge in [-0.25, -0.2) is 0 Å². The fourth-order valence-corrected chi connectivity index (χ4v) is 0. The Bertz CT molecular complexity index is 26.8. The van der Waals surface area contributed by atoms with Crippen LogP contribution in [-0.2, 0) is 10.2 Å². The summed E-state index contributed by atoms with van der Waals surface area (Å²) in [5.41, 5.74) is 0. The van der Waals surface area contributed by atoms with E-state index in [4.69, 9.17) is 39.4 Å². The van der Waals surface area contributed by atoms with Crippen LogP contribution in [0.1, 0.15) is 0 Å². The standard InChI is InChI=1S/4ClH.3H2O.V/h4*1H;3*1H2;/q;;;;;;;+4/p-4. The second-order valence-electron chi connectivity index (χ2n) is 0.383. The molecule has 0 rings (SSSR count). The van der Waals surface area contributed by atoms with Crippen molar-refractivity contribution in [1.29, 1.82) is 0 Å². The molecule has 8 heavy (non-hydrogen) atoms. The van der Waals surface area contributed by atoms with E-state index in [0.717, 1.165) is 0 Å². The van der Waals surface area contributed by atoms with Crippen molar-refractivity contribution in [3.8, 4) is 0 Å². The Morgan fingerprint density at radius 3 is 0.625 bits per heavy atom. The van der Waals surface area contributed by atoms with Crippen molar-refractivity contribution in [2.45, 2.75) is 0 Å². The first-order valence-corrected chi connectivity index (χ1v) is 8.36. The van der Waals surface area contributed by atoms with Gasteiger partial charge in [-0.05, 0) is 0 Å². The number of rotatable bonds is 0. The van der Waals surface area contributed by atoms with E-state index in [2.05, 4.69) is 0 Å². The van der Waals surface area contributed by atoms with Crippen molar-refractivity contribution in [2.75, 3.05) is 0 Å². The van der Waals surface area contributed by atoms with Gasteiger partial charge in [-0.3, -0.25) is 0 Å². The molecule has 0 aliphatic carbocycles. The zero-order valence-electron chi connectivity index (χ0n) is 3.46. The first-order valence-electron chi connectivity index (χ1n) is 0.676. The topological polar surface area (TPSA) is 94.5 Å². The summed E-state index contributed by atoms with van der Waals surface area (Å²) in [6, 6.07) is 0. The molecule has 3 nitrogen and oxygen atoms in total. The normalized spacial score (nSPS) is 7.50. The maximum absolute atomic E-state index is 5.00. The van der Waals surface area contributed by atoms with Crippen LogP contribution in [-0.4, -0.2) is 16.4 Å². The molecule has 8 heteroatoms. The van der Waals surface area contributed by atoms with E-state index in [0.29, 0.717) is 0 Å². The van der Waals surface area contributed by atoms with E-state index in [1.54, 1.807) is 0 Å². The molecule has 0 fully saturated rings. The van der Waals surface area contributed by atoms with Crippen molar-refractivity contribution in [2.24, 2.45) is 0 Å². The van der Waals surface area contributed by atoms with Gasteiger partial charge in [0.25, 0.3) is 0 Å². The molecule has 57 valence electrons. The Hall–Kier alpha value is 1.62. The van der Waals surface area contributed by atoms with Gasteiger partial charge in [-0.1, -0.05) is 0 Å². The zero-order valence-corrected chi connectivity index (χ0v) is 7.88. The number of hydrogen-bond donors (Lipinski definition) is 0. The SMILES string of the molecule is O.O.O.[Cl][V]([Cl])([Cl])[Cl]. The van der Waals surface area contributed by atoms with Crippen LogP contribution in [0.4, 0.5) is 0 Å². The zero-order chi connectivity index (χ0) is 4.50. The van der Waals surface area contributed by atoms with E-state index in [1.165, 1.54) is 0 Å². The number of hydrogen-bond acceptors (Lipinski definition) is 0. The van der Waals surface area contributed by atoms with Gasteiger partial charge in [0.1, 0.15) is 0 Å². The van der Waals surface area contributed by atoms with Gasteiger partial charge < -0.3 is 16.4 Å². The Morgan fingerprint density at radius 2 is 0.625 bits per heavy atom. The van der Waals surface area contributed by atoms with Crippen molar-refractivity contribution in [1.82, 2.24) is 0 Å². The molecule has 0 amide bonds. The summed E-state index contributed by atoms with van der Waals surface area (Å²) in [5, 5.41) is 0. The van der Waals surface area contributed by atoms with Crippen LogP contribution >= 0.6 is 39.4 Å². The summed E-state index contributed by atoms with van der Waals surface area (Å²) in [6.45, 7) is 0. The molecular weight excluding hydrogens is 241 g/mol. The van der Waals surface area contributed by atoms with Crippen LogP contribution in [0.3, 0.4) is 0 Å². The molecule has 0 aliphatic rings. The molecule has 0 aromatic carbocycles. The summed E-state index contributed by atoms with van der Waals surface area (Å²) in [7, 11) is 17.0. The van der Waals surface area contributed by atoms with Crippen LogP contribution in [0.15, 0.2) is 0 Å². The van der Waals surface area contributed by atoms with Gasteiger partial charge in [-0.15, -0.1) is 0 Å². The van der Waals surface area contributed by atoms with Crippen molar-refractivity contribution >= 4 is 39.4 Å². The van der Waals surface area contributed by atoms with E-state index < -0.39 is 10.2 Å². The predicted molar refractivity (Wildman–Crippen MR) is 34.3 cm³/mol. The second-order valence-corrected chi connectivity index (χ2v) is 14.2. The van der Waals surface area contributed by atoms with Gasteiger partial charge in [0, 0.05) is 0 Å². The fourth-order valence-electron chi connectivity index (χ4n) is 0. The molecule has 0 bridgehead atoms. The third kappa shape index (κ3) is 127. The van der Waals surface area contributed by atoms with E-state index >= 15 is 0 Å². The minimum absolute atomic E-state index is 0. The van der Waals surface area contributed by atoms with Crippen molar-refractivity contribution in [3.05, 3.63) is 0 Å². The maximum atomic E-state index is 5.00. The van der Waals surface area contributed by atoms with Crippen LogP contribution in [0.2, 0.25) is 0 Å². The Morgan fingerprint density at radius 1 is 0.625 bits per heavy atom. The van der Waals surface area contributed by atoms with E-state index in [1.807, 2.05) is 0 Å². The predicted octanol–water partition coefficient (Wildman–Crippen LogP) is 0.281. The van der Waals surface area contributed by atoms with Crippen LogP contribution in [0.5, 0.6) is 0 Å². The molecule has 0 heterocycles. The van der Waals surface area contributed by atoms with E-state index in [9.17, 15) is 0 Å². The van der Waals surface area contributed by atoms with Gasteiger partial charge in [0.05, 0.1) is 0 Å². The number of halogens is 4. The third-order valence-corrected chi connectivity index (χ3v) is 0. The van der Waals surface area contributed by atoms with Crippen molar-refractivity contribution < 1.29 is 26.6 Å². The Balaban J connectivity index is -0.0000000267. The average molecular weight is 247 g/mol. The van der Waals surface area contributed by atoms with E-state index in [-0.39, 0.29) is 16.4 Å². The van der Waals surface area contributed by atoms with Gasteiger partial charge in [0.2, 0.25) is 0 Å². The van der Waals surface area contributed by atoms with Crippen LogP contribution in [0.25, 0.3) is 0 Å². The Kier molecular flexibility index (Phi) is 24.4. The first kappa shape index (κ1) is 22.6. The summed E-state index contributed by atoms with van der Waals surface area (Å²) >= 11 is 0. The van der Waals surface area contributed by atoms with Crippen LogP contribution in [0, 0.1) is 0 Å². The van der Waals surface area contributed by atoms with Crippen LogP contribution < -0.4 is 0 Å². The molecule has 0 saturated carbocycles. The summed E-state index contributed by atoms with van der Waals surface area (Å²) in [4.78, 5) is 0. The molecule has 0 spiro atoms. The molecule has 0 radical (unpaired) electrons. The molecular formula is H6Cl4O3V. The fraction of sp³-hybridized carbons (Fsp3) is 0. The van der Waals surface area contributed by atoms with Crippen molar-refractivity contribution in [3.63, 3.8) is 0 Å². The molecule has 0 unspecified atom stereocenters. The summed E-state index contributed by atoms with van der Waals surface area (Å²) in [6.07, 6.45) is 0. The third-order valence-electron chi connectivity index (χ3n) is 0. The first-order chi connectivity index (χ1) is 2.00. The second kappa shape index (κ2) is 8.62. The van der Waals surface area contributed by atoms with Gasteiger partial charge >= 0.3 is 49.6 Å². The average Bonchev–Trinajstić information content (AvgIpc) is 0.722. The minimum atomic E-state index is -2.99.